The van der Waals surface area contributed by atoms with E-state index in [1.54, 1.807) is 0 Å². The first kappa shape index (κ1) is 28.4. The second-order valence-electron chi connectivity index (χ2n) is 11.8. The fraction of sp³-hybridized carbons (Fsp3) is 0.375. The van der Waals surface area contributed by atoms with Crippen LogP contribution in [0.4, 0.5) is 5.13 Å². The Morgan fingerprint density at radius 1 is 1.22 bits per heavy atom. The molecule has 0 bridgehead atoms. The number of amidine groups is 1. The van der Waals surface area contributed by atoms with E-state index in [0.29, 0.717) is 21.1 Å². The minimum absolute atomic E-state index is 0.0910. The number of aliphatic imine (C=N–C) groups is 1. The highest BCUT2D eigenvalue weighted by Gasteiger charge is 2.58. The Bertz CT molecular complexity index is 1640. The quantitative estimate of drug-likeness (QED) is 0.227. The molecular weight excluding hydrogens is 618 g/mol. The van der Waals surface area contributed by atoms with Crippen LogP contribution in [0.5, 0.6) is 0 Å². The highest BCUT2D eigenvalue weighted by molar-refractivity contribution is 9.10. The van der Waals surface area contributed by atoms with Gasteiger partial charge in [0.1, 0.15) is 0 Å². The molecule has 212 valence electrons. The molecule has 2 fully saturated rings. The fourth-order valence-corrected chi connectivity index (χ4v) is 9.44. The number of nitrogens with zero attached hydrogens (tertiary/aromatic N) is 2. The van der Waals surface area contributed by atoms with Crippen LogP contribution in [0.25, 0.3) is 17.3 Å². The van der Waals surface area contributed by atoms with Gasteiger partial charge in [-0.25, -0.2) is 4.98 Å². The Labute approximate surface area is 257 Å². The number of rotatable bonds is 4. The number of halogens is 1. The molecule has 41 heavy (non-hydrogen) atoms. The van der Waals surface area contributed by atoms with E-state index in [4.69, 9.17) is 14.7 Å². The van der Waals surface area contributed by atoms with E-state index >= 15 is 0 Å². The third-order valence-corrected chi connectivity index (χ3v) is 11.5. The zero-order chi connectivity index (χ0) is 29.1. The number of nitrogens with one attached hydrogen (secondary N) is 1. The van der Waals surface area contributed by atoms with Gasteiger partial charge in [-0.1, -0.05) is 84.8 Å². The van der Waals surface area contributed by atoms with Crippen molar-refractivity contribution in [2.24, 2.45) is 10.4 Å². The third kappa shape index (κ3) is 4.70. The van der Waals surface area contributed by atoms with E-state index in [1.165, 1.54) is 41.3 Å². The number of ether oxygens (including phenoxy) is 1. The van der Waals surface area contributed by atoms with Crippen LogP contribution in [-0.4, -0.2) is 29.1 Å². The predicted molar refractivity (Wildman–Crippen MR) is 171 cm³/mol. The summed E-state index contributed by atoms with van der Waals surface area (Å²) < 4.78 is 6.31. The Morgan fingerprint density at radius 2 is 2.00 bits per heavy atom. The molecule has 0 radical (unpaired) electrons. The number of carbonyl (C=O) groups excluding carboxylic acids is 2. The predicted octanol–water partition coefficient (Wildman–Crippen LogP) is 8.31. The van der Waals surface area contributed by atoms with Crippen molar-refractivity contribution >= 4 is 67.3 Å². The van der Waals surface area contributed by atoms with E-state index in [1.807, 2.05) is 30.3 Å². The minimum atomic E-state index is -0.683. The van der Waals surface area contributed by atoms with Crippen molar-refractivity contribution in [1.29, 1.82) is 0 Å². The molecule has 1 aromatic heterocycles. The third-order valence-electron chi connectivity index (χ3n) is 8.84. The largest absolute Gasteiger partial charge is 0.469 e. The molecule has 2 heterocycles. The lowest BCUT2D eigenvalue weighted by atomic mass is 9.50. The standard InChI is InChI=1S/C32H32BrN3O3S2/c1-17(2)18-11-12-21-20(15-18)24-25(26-31(21,3)13-8-14-32(26,4)28(38)39-5)41-29(34-24)36-30-35-27(37)23(40-30)16-19-9-6-7-10-22(19)33/h6-7,9-12,15-17,26H,8,13-14H2,1-5H3,(H,34,35,36,37)/b23-16-/t26?,31-,32-/m1/s1. The fourth-order valence-electron chi connectivity index (χ4n) is 6.81. The molecule has 1 aliphatic heterocycles. The molecule has 2 aromatic carbocycles. The minimum Gasteiger partial charge on any atom is -0.469 e. The number of hydrogen-bond acceptors (Lipinski definition) is 7. The van der Waals surface area contributed by atoms with E-state index in [2.05, 4.69) is 67.1 Å². The maximum Gasteiger partial charge on any atom is 0.312 e. The number of amides is 1. The molecule has 3 atom stereocenters. The molecule has 6 rings (SSSR count). The van der Waals surface area contributed by atoms with Gasteiger partial charge in [-0.2, -0.15) is 4.99 Å². The maximum absolute atomic E-state index is 13.4. The van der Waals surface area contributed by atoms with Gasteiger partial charge in [0.25, 0.3) is 5.91 Å². The Balaban J connectivity index is 1.46. The molecule has 6 nitrogen and oxygen atoms in total. The molecule has 9 heteroatoms. The molecule has 3 aliphatic rings. The van der Waals surface area contributed by atoms with E-state index in [0.717, 1.165) is 45.4 Å². The van der Waals surface area contributed by atoms with Crippen LogP contribution < -0.4 is 5.32 Å². The summed E-state index contributed by atoms with van der Waals surface area (Å²) in [5.41, 5.74) is 4.50. The molecule has 1 N–H and O–H groups in total. The molecule has 1 saturated heterocycles. The average molecular weight is 651 g/mol. The average Bonchev–Trinajstić information content (AvgIpc) is 3.51. The van der Waals surface area contributed by atoms with E-state index < -0.39 is 5.41 Å². The Kier molecular flexibility index (Phi) is 7.27. The SMILES string of the molecule is COC(=O)[C@]1(C)CCC[C@]2(C)c3ccc(C(C)C)cc3-c3nc(/N=C4\NC(=O)/C(=C/c5ccccc5Br)S4)sc3C12. The summed E-state index contributed by atoms with van der Waals surface area (Å²) in [5.74, 6) is -0.0785. The number of thiazole rings is 1. The summed E-state index contributed by atoms with van der Waals surface area (Å²) >= 11 is 6.38. The molecule has 0 spiro atoms. The molecular formula is C32H32BrN3O3S2. The van der Waals surface area contributed by atoms with Crippen molar-refractivity contribution in [3.8, 4) is 11.3 Å². The van der Waals surface area contributed by atoms with Crippen LogP contribution in [0.2, 0.25) is 0 Å². The summed E-state index contributed by atoms with van der Waals surface area (Å²) in [5, 5.41) is 3.98. The second-order valence-corrected chi connectivity index (χ2v) is 14.7. The van der Waals surface area contributed by atoms with Crippen LogP contribution in [0.3, 0.4) is 0 Å². The summed E-state index contributed by atoms with van der Waals surface area (Å²) in [7, 11) is 1.48. The van der Waals surface area contributed by atoms with Crippen LogP contribution in [-0.2, 0) is 19.7 Å². The molecule has 3 aromatic rings. The zero-order valence-electron chi connectivity index (χ0n) is 23.7. The van der Waals surface area contributed by atoms with Gasteiger partial charge in [0, 0.05) is 26.2 Å². The van der Waals surface area contributed by atoms with Gasteiger partial charge in [0.2, 0.25) is 5.13 Å². The number of carbonyl (C=O) groups is 2. The van der Waals surface area contributed by atoms with Crippen LogP contribution in [0.1, 0.15) is 80.4 Å². The van der Waals surface area contributed by atoms with Crippen molar-refractivity contribution in [3.63, 3.8) is 0 Å². The smallest absolute Gasteiger partial charge is 0.312 e. The molecule has 1 unspecified atom stereocenters. The van der Waals surface area contributed by atoms with Gasteiger partial charge in [-0.3, -0.25) is 9.59 Å². The van der Waals surface area contributed by atoms with E-state index in [-0.39, 0.29) is 23.2 Å². The van der Waals surface area contributed by atoms with Crippen LogP contribution >= 0.6 is 39.0 Å². The topological polar surface area (TPSA) is 80.7 Å². The van der Waals surface area contributed by atoms with E-state index in [9.17, 15) is 9.59 Å². The van der Waals surface area contributed by atoms with Crippen molar-refractivity contribution in [2.75, 3.05) is 7.11 Å². The van der Waals surface area contributed by atoms with Crippen molar-refractivity contribution in [1.82, 2.24) is 10.3 Å². The first-order valence-electron chi connectivity index (χ1n) is 13.8. The van der Waals surface area contributed by atoms with Gasteiger partial charge in [0.15, 0.2) is 5.17 Å². The number of thioether (sulfide) groups is 1. The number of benzene rings is 2. The van der Waals surface area contributed by atoms with Crippen LogP contribution in [0.15, 0.2) is 56.8 Å². The number of methoxy groups -OCH3 is 1. The van der Waals surface area contributed by atoms with Gasteiger partial charge >= 0.3 is 5.97 Å². The summed E-state index contributed by atoms with van der Waals surface area (Å²) in [4.78, 5) is 37.7. The van der Waals surface area contributed by atoms with Gasteiger partial charge in [-0.05, 0) is 72.3 Å². The number of fused-ring (bicyclic) bond motifs is 6. The zero-order valence-corrected chi connectivity index (χ0v) is 26.9. The van der Waals surface area contributed by atoms with Gasteiger partial charge in [-0.15, -0.1) is 0 Å². The second kappa shape index (κ2) is 10.5. The van der Waals surface area contributed by atoms with Gasteiger partial charge < -0.3 is 10.1 Å². The molecule has 1 saturated carbocycles. The first-order chi connectivity index (χ1) is 19.5. The first-order valence-corrected chi connectivity index (χ1v) is 16.3. The van der Waals surface area contributed by atoms with Crippen LogP contribution in [0, 0.1) is 5.41 Å². The van der Waals surface area contributed by atoms with Crippen molar-refractivity contribution in [3.05, 3.63) is 73.4 Å². The lowest BCUT2D eigenvalue weighted by Gasteiger charge is -2.53. The number of hydrogen-bond donors (Lipinski definition) is 1. The summed E-state index contributed by atoms with van der Waals surface area (Å²) in [6.45, 7) is 8.74. The monoisotopic (exact) mass is 649 g/mol. The summed E-state index contributed by atoms with van der Waals surface area (Å²) in [6, 6.07) is 14.5. The number of esters is 1. The molecule has 1 amide bonds. The Hall–Kier alpha value is -2.75. The normalized spacial score (nSPS) is 27.0. The number of aromatic nitrogens is 1. The lowest BCUT2D eigenvalue weighted by molar-refractivity contribution is -0.157. The molecule has 2 aliphatic carbocycles. The highest BCUT2D eigenvalue weighted by atomic mass is 79.9. The van der Waals surface area contributed by atoms with Crippen molar-refractivity contribution < 1.29 is 14.3 Å². The highest BCUT2D eigenvalue weighted by Crippen LogP contribution is 2.65. The lowest BCUT2D eigenvalue weighted by Crippen LogP contribution is -2.50. The Morgan fingerprint density at radius 3 is 2.73 bits per heavy atom. The summed E-state index contributed by atoms with van der Waals surface area (Å²) in [6.07, 6.45) is 4.55. The maximum atomic E-state index is 13.4. The van der Waals surface area contributed by atoms with Crippen molar-refractivity contribution in [2.45, 2.75) is 64.2 Å². The van der Waals surface area contributed by atoms with Gasteiger partial charge in [0.05, 0.1) is 23.1 Å².